The van der Waals surface area contributed by atoms with Gasteiger partial charge >= 0.3 is 5.97 Å². The quantitative estimate of drug-likeness (QED) is 0.352. The lowest BCUT2D eigenvalue weighted by Crippen LogP contribution is -2.09. The molecule has 142 valence electrons. The third kappa shape index (κ3) is 10.1. The van der Waals surface area contributed by atoms with E-state index in [2.05, 4.69) is 6.92 Å². The highest BCUT2D eigenvalue weighted by Crippen LogP contribution is 2.19. The Kier molecular flexibility index (Phi) is 12.7. The number of benzene rings is 1. The molecule has 0 fully saturated rings. The molecular formula is C21H34O4. The molecule has 1 rings (SSSR count). The number of esters is 1. The number of unbranched alkanes of at least 4 members (excludes halogenated alkanes) is 8. The van der Waals surface area contributed by atoms with Crippen molar-refractivity contribution >= 4 is 5.97 Å². The third-order valence-corrected chi connectivity index (χ3v) is 4.15. The van der Waals surface area contributed by atoms with Crippen LogP contribution >= 0.6 is 0 Å². The molecule has 0 bridgehead atoms. The van der Waals surface area contributed by atoms with Crippen molar-refractivity contribution in [2.24, 2.45) is 0 Å². The summed E-state index contributed by atoms with van der Waals surface area (Å²) in [5.41, 5.74) is 0.478. The highest BCUT2D eigenvalue weighted by Gasteiger charge is 2.13. The minimum atomic E-state index is -0.319. The van der Waals surface area contributed by atoms with E-state index < -0.39 is 0 Å². The number of rotatable bonds is 15. The van der Waals surface area contributed by atoms with E-state index in [1.165, 1.54) is 38.5 Å². The molecule has 0 saturated heterocycles. The molecule has 0 atom stereocenters. The van der Waals surface area contributed by atoms with Crippen LogP contribution in [0.5, 0.6) is 5.75 Å². The topological polar surface area (TPSA) is 55.8 Å². The lowest BCUT2D eigenvalue weighted by molar-refractivity contribution is 0.0493. The molecule has 1 aromatic rings. The molecule has 25 heavy (non-hydrogen) atoms. The molecule has 0 aromatic heterocycles. The first-order valence-corrected chi connectivity index (χ1v) is 9.79. The van der Waals surface area contributed by atoms with Gasteiger partial charge in [-0.1, -0.05) is 64.0 Å². The van der Waals surface area contributed by atoms with E-state index >= 15 is 0 Å². The van der Waals surface area contributed by atoms with Gasteiger partial charge in [-0.3, -0.25) is 0 Å². The lowest BCUT2D eigenvalue weighted by Gasteiger charge is -2.11. The standard InChI is InChI=1S/C21H34O4/c1-2-3-4-5-6-7-8-12-18-25-21(23)19-14-9-10-15-20(19)24-17-13-11-16-22/h9-10,14-15,22H,2-8,11-13,16-18H2,1H3. The summed E-state index contributed by atoms with van der Waals surface area (Å²) in [6, 6.07) is 7.17. The summed E-state index contributed by atoms with van der Waals surface area (Å²) in [7, 11) is 0. The monoisotopic (exact) mass is 350 g/mol. The van der Waals surface area contributed by atoms with Crippen molar-refractivity contribution in [3.8, 4) is 5.75 Å². The van der Waals surface area contributed by atoms with Crippen LogP contribution in [0.1, 0.15) is 81.5 Å². The normalized spacial score (nSPS) is 10.6. The van der Waals surface area contributed by atoms with Crippen LogP contribution in [0.3, 0.4) is 0 Å². The molecule has 0 aliphatic heterocycles. The van der Waals surface area contributed by atoms with Gasteiger partial charge in [0, 0.05) is 6.61 Å². The van der Waals surface area contributed by atoms with Gasteiger partial charge in [0.1, 0.15) is 11.3 Å². The maximum Gasteiger partial charge on any atom is 0.341 e. The fraction of sp³-hybridized carbons (Fsp3) is 0.667. The molecule has 4 heteroatoms. The number of carbonyl (C=O) groups excluding carboxylic acids is 1. The first kappa shape index (κ1) is 21.5. The number of hydrogen-bond acceptors (Lipinski definition) is 4. The predicted molar refractivity (Wildman–Crippen MR) is 101 cm³/mol. The van der Waals surface area contributed by atoms with Crippen LogP contribution < -0.4 is 4.74 Å². The molecule has 0 amide bonds. The van der Waals surface area contributed by atoms with Crippen LogP contribution in [0.15, 0.2) is 24.3 Å². The molecule has 0 saturated carbocycles. The molecule has 1 N–H and O–H groups in total. The Bertz CT molecular complexity index is 459. The van der Waals surface area contributed by atoms with E-state index in [0.29, 0.717) is 30.9 Å². The maximum absolute atomic E-state index is 12.2. The predicted octanol–water partition coefficient (Wildman–Crippen LogP) is 5.14. The molecule has 0 unspecified atom stereocenters. The molecule has 0 aliphatic carbocycles. The fourth-order valence-electron chi connectivity index (χ4n) is 2.64. The van der Waals surface area contributed by atoms with Crippen molar-refractivity contribution in [1.29, 1.82) is 0 Å². The molecule has 0 radical (unpaired) electrons. The zero-order chi connectivity index (χ0) is 18.2. The van der Waals surface area contributed by atoms with Crippen LogP contribution in [-0.4, -0.2) is 30.9 Å². The zero-order valence-corrected chi connectivity index (χ0v) is 15.7. The second-order valence-electron chi connectivity index (χ2n) is 6.39. The van der Waals surface area contributed by atoms with E-state index in [1.54, 1.807) is 12.1 Å². The highest BCUT2D eigenvalue weighted by atomic mass is 16.5. The largest absolute Gasteiger partial charge is 0.493 e. The average Bonchev–Trinajstić information content (AvgIpc) is 2.64. The second-order valence-corrected chi connectivity index (χ2v) is 6.39. The summed E-state index contributed by atoms with van der Waals surface area (Å²) >= 11 is 0. The lowest BCUT2D eigenvalue weighted by atomic mass is 10.1. The van der Waals surface area contributed by atoms with E-state index in [-0.39, 0.29) is 12.6 Å². The van der Waals surface area contributed by atoms with Crippen LogP contribution in [-0.2, 0) is 4.74 Å². The molecule has 1 aromatic carbocycles. The van der Waals surface area contributed by atoms with Gasteiger partial charge in [-0.2, -0.15) is 0 Å². The number of aliphatic hydroxyl groups excluding tert-OH is 1. The summed E-state index contributed by atoms with van der Waals surface area (Å²) in [5, 5.41) is 8.79. The van der Waals surface area contributed by atoms with Gasteiger partial charge in [0.05, 0.1) is 13.2 Å². The molecular weight excluding hydrogens is 316 g/mol. The van der Waals surface area contributed by atoms with Crippen LogP contribution in [0.25, 0.3) is 0 Å². The Morgan fingerprint density at radius 2 is 1.52 bits per heavy atom. The molecule has 0 spiro atoms. The van der Waals surface area contributed by atoms with E-state index in [4.69, 9.17) is 14.6 Å². The van der Waals surface area contributed by atoms with Crippen LogP contribution in [0.4, 0.5) is 0 Å². The summed E-state index contributed by atoms with van der Waals surface area (Å²) in [6.07, 6.45) is 11.2. The summed E-state index contributed by atoms with van der Waals surface area (Å²) in [4.78, 5) is 12.2. The van der Waals surface area contributed by atoms with Crippen LogP contribution in [0, 0.1) is 0 Å². The molecule has 0 heterocycles. The molecule has 4 nitrogen and oxygen atoms in total. The number of aliphatic hydroxyl groups is 1. The van der Waals surface area contributed by atoms with Gasteiger partial charge in [-0.05, 0) is 31.4 Å². The fourth-order valence-corrected chi connectivity index (χ4v) is 2.64. The van der Waals surface area contributed by atoms with Crippen molar-refractivity contribution in [3.05, 3.63) is 29.8 Å². The average molecular weight is 350 g/mol. The summed E-state index contributed by atoms with van der Waals surface area (Å²) in [6.45, 7) is 3.34. The Hall–Kier alpha value is -1.55. The summed E-state index contributed by atoms with van der Waals surface area (Å²) in [5.74, 6) is 0.238. The van der Waals surface area contributed by atoms with Crippen molar-refractivity contribution < 1.29 is 19.4 Å². The zero-order valence-electron chi connectivity index (χ0n) is 15.7. The molecule has 0 aliphatic rings. The van der Waals surface area contributed by atoms with E-state index in [9.17, 15) is 4.79 Å². The number of carbonyl (C=O) groups is 1. The Morgan fingerprint density at radius 3 is 2.24 bits per heavy atom. The van der Waals surface area contributed by atoms with E-state index in [0.717, 1.165) is 19.3 Å². The van der Waals surface area contributed by atoms with Crippen LogP contribution in [0.2, 0.25) is 0 Å². The minimum Gasteiger partial charge on any atom is -0.493 e. The van der Waals surface area contributed by atoms with Gasteiger partial charge < -0.3 is 14.6 Å². The van der Waals surface area contributed by atoms with Gasteiger partial charge in [0.2, 0.25) is 0 Å². The van der Waals surface area contributed by atoms with Gasteiger partial charge in [0.15, 0.2) is 0 Å². The Morgan fingerprint density at radius 1 is 0.880 bits per heavy atom. The van der Waals surface area contributed by atoms with Gasteiger partial charge in [-0.25, -0.2) is 4.79 Å². The number of para-hydroxylation sites is 1. The van der Waals surface area contributed by atoms with E-state index in [1.807, 2.05) is 12.1 Å². The number of ether oxygens (including phenoxy) is 2. The smallest absolute Gasteiger partial charge is 0.341 e. The minimum absolute atomic E-state index is 0.158. The van der Waals surface area contributed by atoms with Crippen molar-refractivity contribution in [1.82, 2.24) is 0 Å². The van der Waals surface area contributed by atoms with Gasteiger partial charge in [0.25, 0.3) is 0 Å². The SMILES string of the molecule is CCCCCCCCCCOC(=O)c1ccccc1OCCCCO. The van der Waals surface area contributed by atoms with Crippen molar-refractivity contribution in [2.45, 2.75) is 71.1 Å². The first-order valence-electron chi connectivity index (χ1n) is 9.79. The van der Waals surface area contributed by atoms with Crippen molar-refractivity contribution in [2.75, 3.05) is 19.8 Å². The Balaban J connectivity index is 2.21. The van der Waals surface area contributed by atoms with Gasteiger partial charge in [-0.15, -0.1) is 0 Å². The van der Waals surface area contributed by atoms with Crippen molar-refractivity contribution in [3.63, 3.8) is 0 Å². The first-order chi connectivity index (χ1) is 12.3. The maximum atomic E-state index is 12.2. The highest BCUT2D eigenvalue weighted by molar-refractivity contribution is 5.92. The Labute approximate surface area is 152 Å². The summed E-state index contributed by atoms with van der Waals surface area (Å²) < 4.78 is 11.0. The number of hydrogen-bond donors (Lipinski definition) is 1. The third-order valence-electron chi connectivity index (χ3n) is 4.15. The second kappa shape index (κ2) is 14.8.